The van der Waals surface area contributed by atoms with Crippen LogP contribution in [0.2, 0.25) is 15.1 Å². The summed E-state index contributed by atoms with van der Waals surface area (Å²) in [6, 6.07) is 16.3. The molecule has 2 heterocycles. The van der Waals surface area contributed by atoms with Crippen LogP contribution in [0.5, 0.6) is 5.75 Å². The van der Waals surface area contributed by atoms with Crippen molar-refractivity contribution in [1.29, 1.82) is 0 Å². The molecule has 2 fully saturated rings. The lowest BCUT2D eigenvalue weighted by Gasteiger charge is -2.26. The molecule has 0 radical (unpaired) electrons. The van der Waals surface area contributed by atoms with Gasteiger partial charge < -0.3 is 18.7 Å². The van der Waals surface area contributed by atoms with E-state index in [4.69, 9.17) is 53.5 Å². The van der Waals surface area contributed by atoms with Crippen LogP contribution in [0.1, 0.15) is 57.1 Å². The Morgan fingerprint density at radius 2 is 1.77 bits per heavy atom. The third-order valence-electron chi connectivity index (χ3n) is 7.56. The first-order valence-corrected chi connectivity index (χ1v) is 15.4. The Kier molecular flexibility index (Phi) is 9.46. The SMILES string of the molecule is COC(=O)c1cc(C#Cc2ccc(OCc3c(-c4c(Cl)cccc4Cl)noc3C3CC3)cc2Cl)cc(CN2CCOCC2)c1. The van der Waals surface area contributed by atoms with Gasteiger partial charge in [0, 0.05) is 48.3 Å². The first kappa shape index (κ1) is 30.5. The molecule has 0 N–H and O–H groups in total. The van der Waals surface area contributed by atoms with Gasteiger partial charge in [-0.15, -0.1) is 0 Å². The molecule has 0 atom stereocenters. The number of ether oxygens (including phenoxy) is 3. The Bertz CT molecular complexity index is 1730. The van der Waals surface area contributed by atoms with E-state index >= 15 is 0 Å². The van der Waals surface area contributed by atoms with E-state index in [1.165, 1.54) is 7.11 Å². The number of methoxy groups -OCH3 is 1. The molecule has 6 rings (SSSR count). The average Bonchev–Trinajstić information content (AvgIpc) is 3.79. The van der Waals surface area contributed by atoms with E-state index in [1.54, 1.807) is 30.3 Å². The van der Waals surface area contributed by atoms with Gasteiger partial charge >= 0.3 is 5.97 Å². The number of rotatable bonds is 8. The zero-order valence-corrected chi connectivity index (χ0v) is 26.3. The van der Waals surface area contributed by atoms with Gasteiger partial charge in [-0.25, -0.2) is 4.79 Å². The summed E-state index contributed by atoms with van der Waals surface area (Å²) in [6.07, 6.45) is 2.07. The average molecular weight is 652 g/mol. The lowest BCUT2D eigenvalue weighted by Crippen LogP contribution is -2.35. The van der Waals surface area contributed by atoms with Crippen molar-refractivity contribution in [3.8, 4) is 28.8 Å². The summed E-state index contributed by atoms with van der Waals surface area (Å²) < 4.78 is 22.3. The van der Waals surface area contributed by atoms with Crippen molar-refractivity contribution in [3.63, 3.8) is 0 Å². The Hall–Kier alpha value is -3.51. The maximum Gasteiger partial charge on any atom is 0.337 e. The molecule has 0 spiro atoms. The smallest absolute Gasteiger partial charge is 0.337 e. The molecule has 226 valence electrons. The summed E-state index contributed by atoms with van der Waals surface area (Å²) in [5, 5.41) is 5.74. The highest BCUT2D eigenvalue weighted by atomic mass is 35.5. The minimum atomic E-state index is -0.408. The Balaban J connectivity index is 1.21. The van der Waals surface area contributed by atoms with Gasteiger partial charge in [-0.05, 0) is 60.9 Å². The molecule has 10 heteroatoms. The summed E-state index contributed by atoms with van der Waals surface area (Å²) in [7, 11) is 1.37. The number of halogens is 3. The van der Waals surface area contributed by atoms with Crippen molar-refractivity contribution in [2.75, 3.05) is 33.4 Å². The second-order valence-electron chi connectivity index (χ2n) is 10.7. The minimum absolute atomic E-state index is 0.208. The van der Waals surface area contributed by atoms with Crippen LogP contribution in [0, 0.1) is 11.8 Å². The molecule has 0 amide bonds. The van der Waals surface area contributed by atoms with Crippen molar-refractivity contribution in [2.24, 2.45) is 0 Å². The van der Waals surface area contributed by atoms with E-state index in [9.17, 15) is 4.79 Å². The first-order valence-electron chi connectivity index (χ1n) is 14.3. The third kappa shape index (κ3) is 7.07. The summed E-state index contributed by atoms with van der Waals surface area (Å²) in [5.74, 6) is 7.57. The molecule has 1 saturated heterocycles. The van der Waals surface area contributed by atoms with Crippen LogP contribution in [0.3, 0.4) is 0 Å². The number of nitrogens with zero attached hydrogens (tertiary/aromatic N) is 2. The molecular weight excluding hydrogens is 623 g/mol. The molecular formula is C34H29Cl3N2O5. The van der Waals surface area contributed by atoms with Crippen LogP contribution < -0.4 is 4.74 Å². The highest BCUT2D eigenvalue weighted by molar-refractivity contribution is 6.39. The van der Waals surface area contributed by atoms with Gasteiger partial charge in [-0.3, -0.25) is 4.90 Å². The zero-order valence-electron chi connectivity index (χ0n) is 24.0. The fraction of sp³-hybridized carbons (Fsp3) is 0.294. The van der Waals surface area contributed by atoms with Gasteiger partial charge in [0.25, 0.3) is 0 Å². The van der Waals surface area contributed by atoms with E-state index in [-0.39, 0.29) is 6.61 Å². The Morgan fingerprint density at radius 3 is 2.48 bits per heavy atom. The number of esters is 1. The highest BCUT2D eigenvalue weighted by Gasteiger charge is 2.33. The van der Waals surface area contributed by atoms with Gasteiger partial charge in [0.2, 0.25) is 0 Å². The summed E-state index contributed by atoms with van der Waals surface area (Å²) in [6.45, 7) is 3.95. The molecule has 44 heavy (non-hydrogen) atoms. The van der Waals surface area contributed by atoms with Crippen LogP contribution in [0.4, 0.5) is 0 Å². The molecule has 4 aromatic rings. The number of aromatic nitrogens is 1. The molecule has 1 aliphatic carbocycles. The zero-order chi connectivity index (χ0) is 30.6. The predicted molar refractivity (Wildman–Crippen MR) is 170 cm³/mol. The maximum atomic E-state index is 12.4. The molecule has 1 aliphatic heterocycles. The van der Waals surface area contributed by atoms with Crippen LogP contribution in [-0.2, 0) is 22.6 Å². The second-order valence-corrected chi connectivity index (χ2v) is 11.9. The quantitative estimate of drug-likeness (QED) is 0.142. The molecule has 1 aromatic heterocycles. The molecule has 1 saturated carbocycles. The number of carbonyl (C=O) groups excluding carboxylic acids is 1. The number of benzene rings is 3. The number of hydrogen-bond donors (Lipinski definition) is 0. The molecule has 3 aromatic carbocycles. The van der Waals surface area contributed by atoms with E-state index in [0.29, 0.717) is 74.4 Å². The fourth-order valence-electron chi connectivity index (χ4n) is 5.14. The summed E-state index contributed by atoms with van der Waals surface area (Å²) >= 11 is 19.6. The van der Waals surface area contributed by atoms with E-state index < -0.39 is 5.97 Å². The second kappa shape index (κ2) is 13.6. The summed E-state index contributed by atoms with van der Waals surface area (Å²) in [5.41, 5.74) is 4.78. The Labute approximate surface area is 270 Å². The van der Waals surface area contributed by atoms with Crippen LogP contribution in [0.25, 0.3) is 11.3 Å². The monoisotopic (exact) mass is 650 g/mol. The van der Waals surface area contributed by atoms with Crippen molar-refractivity contribution in [3.05, 3.63) is 103 Å². The number of hydrogen-bond acceptors (Lipinski definition) is 7. The van der Waals surface area contributed by atoms with Crippen molar-refractivity contribution >= 4 is 40.8 Å². The predicted octanol–water partition coefficient (Wildman–Crippen LogP) is 7.78. The minimum Gasteiger partial charge on any atom is -0.489 e. The van der Waals surface area contributed by atoms with Gasteiger partial charge in [0.05, 0.1) is 46.5 Å². The fourth-order valence-corrected chi connectivity index (χ4v) is 5.93. The van der Waals surface area contributed by atoms with Gasteiger partial charge in [0.15, 0.2) is 0 Å². The topological polar surface area (TPSA) is 74.0 Å². The van der Waals surface area contributed by atoms with Gasteiger partial charge in [-0.1, -0.05) is 57.9 Å². The van der Waals surface area contributed by atoms with Crippen molar-refractivity contribution in [1.82, 2.24) is 10.1 Å². The van der Waals surface area contributed by atoms with Crippen molar-refractivity contribution < 1.29 is 23.5 Å². The lowest BCUT2D eigenvalue weighted by atomic mass is 10.0. The maximum absolute atomic E-state index is 12.4. The van der Waals surface area contributed by atoms with Crippen LogP contribution in [-0.4, -0.2) is 49.4 Å². The van der Waals surface area contributed by atoms with E-state index in [0.717, 1.165) is 42.8 Å². The molecule has 2 aliphatic rings. The van der Waals surface area contributed by atoms with Gasteiger partial charge in [0.1, 0.15) is 23.8 Å². The molecule has 7 nitrogen and oxygen atoms in total. The highest BCUT2D eigenvalue weighted by Crippen LogP contribution is 2.46. The molecule has 0 bridgehead atoms. The first-order chi connectivity index (χ1) is 21.4. The number of morpholine rings is 1. The van der Waals surface area contributed by atoms with Crippen LogP contribution >= 0.6 is 34.8 Å². The molecule has 0 unspecified atom stereocenters. The van der Waals surface area contributed by atoms with Crippen molar-refractivity contribution in [2.45, 2.75) is 31.9 Å². The van der Waals surface area contributed by atoms with Gasteiger partial charge in [-0.2, -0.15) is 0 Å². The van der Waals surface area contributed by atoms with Crippen LogP contribution in [0.15, 0.2) is 59.1 Å². The normalized spacial score (nSPS) is 15.0. The lowest BCUT2D eigenvalue weighted by molar-refractivity contribution is 0.0341. The van der Waals surface area contributed by atoms with E-state index in [2.05, 4.69) is 21.9 Å². The van der Waals surface area contributed by atoms with E-state index in [1.807, 2.05) is 24.3 Å². The largest absolute Gasteiger partial charge is 0.489 e. The summed E-state index contributed by atoms with van der Waals surface area (Å²) in [4.78, 5) is 14.6. The number of carbonyl (C=O) groups is 1. The third-order valence-corrected chi connectivity index (χ3v) is 8.50. The Morgan fingerprint density at radius 1 is 1.00 bits per heavy atom. The standard InChI is InChI=1S/C34H29Cl3N2O5/c1-41-34(40)25-16-21(15-22(17-25)19-39-11-13-42-14-12-39)5-6-23-9-10-26(18-30(23)37)43-20-27-32(38-44-33(27)24-7-8-24)31-28(35)3-2-4-29(31)36/h2-4,9-10,15-18,24H,7-8,11-14,19-20H2,1H3.